The Kier molecular flexibility index (Phi) is 2.73. The van der Waals surface area contributed by atoms with E-state index in [1.807, 2.05) is 24.4 Å². The number of hydrogen-bond donors (Lipinski definition) is 1. The molecule has 2 rings (SSSR count). The summed E-state index contributed by atoms with van der Waals surface area (Å²) >= 11 is 4.93. The summed E-state index contributed by atoms with van der Waals surface area (Å²) in [4.78, 5) is 4.47. The van der Waals surface area contributed by atoms with Crippen LogP contribution in [-0.4, -0.2) is 19.8 Å². The van der Waals surface area contributed by atoms with Crippen LogP contribution in [0.15, 0.2) is 36.8 Å². The first-order valence-corrected chi connectivity index (χ1v) is 4.89. The minimum Gasteiger partial charge on any atom is -0.388 e. The normalized spacial score (nSPS) is 10.1. The molecule has 2 aromatic rings. The Bertz CT molecular complexity index is 464. The third-order valence-corrected chi connectivity index (χ3v) is 2.21. The highest BCUT2D eigenvalue weighted by Crippen LogP contribution is 2.06. The van der Waals surface area contributed by atoms with Crippen molar-refractivity contribution < 1.29 is 0 Å². The summed E-state index contributed by atoms with van der Waals surface area (Å²) in [6.45, 7) is 0.632. The van der Waals surface area contributed by atoms with Crippen molar-refractivity contribution in [3.63, 3.8) is 0 Å². The van der Waals surface area contributed by atoms with Gasteiger partial charge in [0.15, 0.2) is 0 Å². The number of nitrogens with two attached hydrogens (primary N) is 1. The Morgan fingerprint density at radius 1 is 1.40 bits per heavy atom. The molecule has 0 atom stereocenters. The molecule has 15 heavy (non-hydrogen) atoms. The third-order valence-electron chi connectivity index (χ3n) is 2.02. The zero-order valence-corrected chi connectivity index (χ0v) is 8.81. The van der Waals surface area contributed by atoms with Gasteiger partial charge in [-0.15, -0.1) is 0 Å². The quantitative estimate of drug-likeness (QED) is 0.780. The number of pyridine rings is 1. The van der Waals surface area contributed by atoms with Crippen molar-refractivity contribution >= 4 is 17.2 Å². The summed E-state index contributed by atoms with van der Waals surface area (Å²) in [6.07, 6.45) is 5.30. The van der Waals surface area contributed by atoms with Crippen LogP contribution in [0.1, 0.15) is 11.3 Å². The monoisotopic (exact) mass is 218 g/mol. The van der Waals surface area contributed by atoms with E-state index in [4.69, 9.17) is 18.0 Å². The maximum Gasteiger partial charge on any atom is 0.123 e. The molecule has 2 aromatic heterocycles. The van der Waals surface area contributed by atoms with Gasteiger partial charge in [0.05, 0.1) is 6.54 Å². The molecule has 5 heteroatoms. The topological polar surface area (TPSA) is 56.7 Å². The van der Waals surface area contributed by atoms with Crippen molar-refractivity contribution in [1.82, 2.24) is 14.8 Å². The summed E-state index contributed by atoms with van der Waals surface area (Å²) in [7, 11) is 0. The number of rotatable bonds is 3. The summed E-state index contributed by atoms with van der Waals surface area (Å²) < 4.78 is 1.80. The lowest BCUT2D eigenvalue weighted by Crippen LogP contribution is -2.16. The van der Waals surface area contributed by atoms with Gasteiger partial charge in [0.2, 0.25) is 0 Å². The molecule has 0 bridgehead atoms. The number of nitrogens with zero attached hydrogens (tertiary/aromatic N) is 3. The Labute approximate surface area is 92.7 Å². The molecule has 0 aliphatic heterocycles. The Balaban J connectivity index is 2.32. The fourth-order valence-electron chi connectivity index (χ4n) is 1.36. The van der Waals surface area contributed by atoms with Gasteiger partial charge in [-0.3, -0.25) is 9.67 Å². The van der Waals surface area contributed by atoms with E-state index in [-0.39, 0.29) is 0 Å². The van der Waals surface area contributed by atoms with E-state index < -0.39 is 0 Å². The molecular formula is C10H10N4S. The lowest BCUT2D eigenvalue weighted by atomic mass is 10.2. The largest absolute Gasteiger partial charge is 0.388 e. The smallest absolute Gasteiger partial charge is 0.123 e. The van der Waals surface area contributed by atoms with E-state index in [1.165, 1.54) is 0 Å². The zero-order chi connectivity index (χ0) is 10.7. The van der Waals surface area contributed by atoms with Crippen LogP contribution in [0.5, 0.6) is 0 Å². The second-order valence-corrected chi connectivity index (χ2v) is 3.52. The Morgan fingerprint density at radius 2 is 2.27 bits per heavy atom. The van der Waals surface area contributed by atoms with Crippen molar-refractivity contribution in [3.05, 3.63) is 48.0 Å². The van der Waals surface area contributed by atoms with Crippen LogP contribution >= 0.6 is 12.2 Å². The number of hydrogen-bond acceptors (Lipinski definition) is 3. The van der Waals surface area contributed by atoms with Crippen LogP contribution in [0, 0.1) is 0 Å². The van der Waals surface area contributed by atoms with Crippen LogP contribution in [0.3, 0.4) is 0 Å². The van der Waals surface area contributed by atoms with E-state index in [0.717, 1.165) is 5.56 Å². The molecule has 4 nitrogen and oxygen atoms in total. The van der Waals surface area contributed by atoms with E-state index in [1.54, 1.807) is 17.1 Å². The molecule has 0 aliphatic carbocycles. The molecule has 0 aliphatic rings. The first-order chi connectivity index (χ1) is 7.27. The lowest BCUT2D eigenvalue weighted by molar-refractivity contribution is 0.684. The average Bonchev–Trinajstić information content (AvgIpc) is 2.71. The van der Waals surface area contributed by atoms with Crippen LogP contribution in [0.2, 0.25) is 0 Å². The van der Waals surface area contributed by atoms with Gasteiger partial charge in [-0.25, -0.2) is 0 Å². The van der Waals surface area contributed by atoms with Crippen LogP contribution < -0.4 is 5.73 Å². The van der Waals surface area contributed by atoms with Crippen LogP contribution in [0.25, 0.3) is 0 Å². The molecule has 76 valence electrons. The molecule has 2 heterocycles. The maximum atomic E-state index is 5.58. The molecule has 0 unspecified atom stereocenters. The highest BCUT2D eigenvalue weighted by Gasteiger charge is 2.06. The van der Waals surface area contributed by atoms with Gasteiger partial charge >= 0.3 is 0 Å². The number of thiocarbonyl (C=S) groups is 1. The van der Waals surface area contributed by atoms with Gasteiger partial charge in [-0.05, 0) is 12.1 Å². The molecule has 0 aromatic carbocycles. The SMILES string of the molecule is NC(=S)c1ncccc1Cn1cccn1. The molecule has 0 saturated carbocycles. The van der Waals surface area contributed by atoms with Crippen molar-refractivity contribution in [3.8, 4) is 0 Å². The van der Waals surface area contributed by atoms with Gasteiger partial charge < -0.3 is 5.73 Å². The lowest BCUT2D eigenvalue weighted by Gasteiger charge is -2.06. The molecule has 2 N–H and O–H groups in total. The summed E-state index contributed by atoms with van der Waals surface area (Å²) in [5.41, 5.74) is 7.23. The van der Waals surface area contributed by atoms with Crippen LogP contribution in [0.4, 0.5) is 0 Å². The third kappa shape index (κ3) is 2.19. The van der Waals surface area contributed by atoms with Gasteiger partial charge in [-0.2, -0.15) is 5.10 Å². The average molecular weight is 218 g/mol. The first-order valence-electron chi connectivity index (χ1n) is 4.48. The molecule has 0 fully saturated rings. The van der Waals surface area contributed by atoms with Crippen molar-refractivity contribution in [2.75, 3.05) is 0 Å². The van der Waals surface area contributed by atoms with E-state index in [9.17, 15) is 0 Å². The first kappa shape index (κ1) is 9.79. The fraction of sp³-hybridized carbons (Fsp3) is 0.100. The minimum atomic E-state index is 0.317. The van der Waals surface area contributed by atoms with Gasteiger partial charge in [0, 0.05) is 24.2 Å². The van der Waals surface area contributed by atoms with Gasteiger partial charge in [0.25, 0.3) is 0 Å². The van der Waals surface area contributed by atoms with Crippen molar-refractivity contribution in [1.29, 1.82) is 0 Å². The number of aromatic nitrogens is 3. The fourth-order valence-corrected chi connectivity index (χ4v) is 1.54. The van der Waals surface area contributed by atoms with Gasteiger partial charge in [0.1, 0.15) is 10.7 Å². The molecule has 0 amide bonds. The standard InChI is InChI=1S/C10H10N4S/c11-10(15)9-8(3-1-4-12-9)7-14-6-2-5-13-14/h1-6H,7H2,(H2,11,15). The second-order valence-electron chi connectivity index (χ2n) is 3.08. The molecule has 0 radical (unpaired) electrons. The minimum absolute atomic E-state index is 0.317. The van der Waals surface area contributed by atoms with Crippen LogP contribution in [-0.2, 0) is 6.54 Å². The predicted molar refractivity (Wildman–Crippen MR) is 61.5 cm³/mol. The summed E-state index contributed by atoms with van der Waals surface area (Å²) in [6, 6.07) is 5.68. The van der Waals surface area contributed by atoms with Crippen molar-refractivity contribution in [2.24, 2.45) is 5.73 Å². The van der Waals surface area contributed by atoms with E-state index >= 15 is 0 Å². The maximum absolute atomic E-state index is 5.58. The van der Waals surface area contributed by atoms with E-state index in [0.29, 0.717) is 17.2 Å². The molecular weight excluding hydrogens is 208 g/mol. The Hall–Kier alpha value is -1.75. The summed E-state index contributed by atoms with van der Waals surface area (Å²) in [5, 5.41) is 4.12. The zero-order valence-electron chi connectivity index (χ0n) is 8.00. The molecule has 0 spiro atoms. The highest BCUT2D eigenvalue weighted by molar-refractivity contribution is 7.80. The Morgan fingerprint density at radius 3 is 2.93 bits per heavy atom. The second kappa shape index (κ2) is 4.18. The van der Waals surface area contributed by atoms with Gasteiger partial charge in [-0.1, -0.05) is 18.3 Å². The molecule has 0 saturated heterocycles. The predicted octanol–water partition coefficient (Wildman–Crippen LogP) is 0.961. The van der Waals surface area contributed by atoms with E-state index in [2.05, 4.69) is 10.1 Å². The van der Waals surface area contributed by atoms with Crippen molar-refractivity contribution in [2.45, 2.75) is 6.54 Å². The summed E-state index contributed by atoms with van der Waals surface area (Å²) in [5.74, 6) is 0. The highest BCUT2D eigenvalue weighted by atomic mass is 32.1.